The van der Waals surface area contributed by atoms with Crippen molar-refractivity contribution >= 4 is 23.0 Å². The van der Waals surface area contributed by atoms with Crippen LogP contribution in [-0.2, 0) is 5.41 Å². The van der Waals surface area contributed by atoms with Crippen molar-refractivity contribution in [2.75, 3.05) is 9.80 Å². The van der Waals surface area contributed by atoms with Crippen molar-refractivity contribution in [3.8, 4) is 0 Å². The fourth-order valence-electron chi connectivity index (χ4n) is 5.04. The Kier molecular flexibility index (Phi) is 4.04. The van der Waals surface area contributed by atoms with E-state index in [2.05, 4.69) is 59.0 Å². The van der Waals surface area contributed by atoms with Crippen LogP contribution in [0.2, 0.25) is 0 Å². The van der Waals surface area contributed by atoms with E-state index < -0.39 is 0 Å². The highest BCUT2D eigenvalue weighted by atomic mass is 15.5. The molecule has 0 fully saturated rings. The Labute approximate surface area is 166 Å². The molecule has 0 saturated carbocycles. The van der Waals surface area contributed by atoms with Crippen molar-refractivity contribution in [1.82, 2.24) is 15.0 Å². The van der Waals surface area contributed by atoms with Crippen LogP contribution in [0.3, 0.4) is 0 Å². The molecule has 1 unspecified atom stereocenters. The lowest BCUT2D eigenvalue weighted by molar-refractivity contribution is 0.354. The lowest BCUT2D eigenvalue weighted by atomic mass is 9.72. The van der Waals surface area contributed by atoms with Gasteiger partial charge in [-0.3, -0.25) is 4.98 Å². The van der Waals surface area contributed by atoms with Crippen LogP contribution in [0, 0.1) is 0 Å². The van der Waals surface area contributed by atoms with E-state index in [1.165, 1.54) is 11.3 Å². The molecule has 2 aromatic heterocycles. The second-order valence-corrected chi connectivity index (χ2v) is 7.68. The lowest BCUT2D eigenvalue weighted by Crippen LogP contribution is -2.38. The number of para-hydroxylation sites is 1. The number of nitrogens with zero attached hydrogens (tertiary/aromatic N) is 5. The molecule has 2 aliphatic heterocycles. The van der Waals surface area contributed by atoms with Crippen molar-refractivity contribution in [1.29, 1.82) is 0 Å². The highest BCUT2D eigenvalue weighted by molar-refractivity contribution is 5.84. The molecule has 4 heterocycles. The molecular weight excluding hydrogens is 346 g/mol. The molecule has 5 heteroatoms. The van der Waals surface area contributed by atoms with E-state index in [1.54, 1.807) is 12.4 Å². The van der Waals surface area contributed by atoms with Crippen LogP contribution in [-0.4, -0.2) is 21.1 Å². The highest BCUT2D eigenvalue weighted by Gasteiger charge is 2.46. The third kappa shape index (κ3) is 2.35. The van der Waals surface area contributed by atoms with Crippen molar-refractivity contribution in [3.05, 3.63) is 66.7 Å². The van der Waals surface area contributed by atoms with Gasteiger partial charge in [0.2, 0.25) is 0 Å². The van der Waals surface area contributed by atoms with Crippen LogP contribution in [0.1, 0.15) is 45.1 Å². The molecule has 0 radical (unpaired) electrons. The van der Waals surface area contributed by atoms with Gasteiger partial charge in [0.1, 0.15) is 6.17 Å². The van der Waals surface area contributed by atoms with Crippen LogP contribution in [0.5, 0.6) is 0 Å². The van der Waals surface area contributed by atoms with E-state index in [-0.39, 0.29) is 11.6 Å². The second kappa shape index (κ2) is 6.59. The van der Waals surface area contributed by atoms with Crippen LogP contribution in [0.4, 0.5) is 23.0 Å². The van der Waals surface area contributed by atoms with Gasteiger partial charge in [0.15, 0.2) is 11.6 Å². The van der Waals surface area contributed by atoms with Crippen molar-refractivity contribution in [2.24, 2.45) is 0 Å². The molecule has 0 saturated heterocycles. The predicted octanol–water partition coefficient (Wildman–Crippen LogP) is 5.34. The summed E-state index contributed by atoms with van der Waals surface area (Å²) in [6.07, 6.45) is 11.9. The first-order chi connectivity index (χ1) is 13.8. The Morgan fingerprint density at radius 2 is 1.68 bits per heavy atom. The molecule has 0 N–H and O–H groups in total. The standard InChI is InChI=1S/C23H25N5/c1-3-23(4-2)12-11-20-27(17-8-7-13-24-16-17)21-22(26-15-14-25-21)28(20)19-10-6-5-9-18(19)23/h5-10,13-16,20H,3-4,11-12H2,1-2H3. The maximum absolute atomic E-state index is 4.76. The number of benzene rings is 1. The van der Waals surface area contributed by atoms with Crippen LogP contribution < -0.4 is 9.80 Å². The summed E-state index contributed by atoms with van der Waals surface area (Å²) < 4.78 is 0. The van der Waals surface area contributed by atoms with Gasteiger partial charge < -0.3 is 9.80 Å². The van der Waals surface area contributed by atoms with Gasteiger partial charge in [-0.25, -0.2) is 9.97 Å². The van der Waals surface area contributed by atoms with Crippen LogP contribution in [0.15, 0.2) is 61.2 Å². The summed E-state index contributed by atoms with van der Waals surface area (Å²) in [6, 6.07) is 13.0. The summed E-state index contributed by atoms with van der Waals surface area (Å²) >= 11 is 0. The lowest BCUT2D eigenvalue weighted by Gasteiger charge is -2.33. The van der Waals surface area contributed by atoms with Crippen molar-refractivity contribution in [3.63, 3.8) is 0 Å². The van der Waals surface area contributed by atoms with Gasteiger partial charge in [-0.1, -0.05) is 32.0 Å². The van der Waals surface area contributed by atoms with E-state index in [9.17, 15) is 0 Å². The third-order valence-corrected chi connectivity index (χ3v) is 6.61. The number of fused-ring (bicyclic) bond motifs is 5. The number of aromatic nitrogens is 3. The summed E-state index contributed by atoms with van der Waals surface area (Å²) in [5, 5.41) is 0. The van der Waals surface area contributed by atoms with Crippen LogP contribution >= 0.6 is 0 Å². The SMILES string of the molecule is CCC1(CC)CCC2N(c3cccnc3)c3nccnc3N2c2ccccc21. The molecule has 1 aromatic carbocycles. The minimum atomic E-state index is 0.155. The Morgan fingerprint density at radius 1 is 0.929 bits per heavy atom. The maximum atomic E-state index is 4.76. The van der Waals surface area contributed by atoms with Gasteiger partial charge in [0.25, 0.3) is 0 Å². The fourth-order valence-corrected chi connectivity index (χ4v) is 5.04. The largest absolute Gasteiger partial charge is 0.302 e. The number of anilines is 4. The van der Waals surface area contributed by atoms with E-state index in [4.69, 9.17) is 9.97 Å². The molecule has 1 atom stereocenters. The van der Waals surface area contributed by atoms with Gasteiger partial charge >= 0.3 is 0 Å². The fraction of sp³-hybridized carbons (Fsp3) is 0.348. The molecule has 28 heavy (non-hydrogen) atoms. The zero-order valence-electron chi connectivity index (χ0n) is 16.4. The minimum absolute atomic E-state index is 0.155. The van der Waals surface area contributed by atoms with Crippen molar-refractivity contribution in [2.45, 2.75) is 51.1 Å². The summed E-state index contributed by atoms with van der Waals surface area (Å²) in [5.41, 5.74) is 3.97. The predicted molar refractivity (Wildman–Crippen MR) is 112 cm³/mol. The molecule has 2 aliphatic rings. The smallest absolute Gasteiger partial charge is 0.178 e. The molecule has 142 valence electrons. The zero-order valence-corrected chi connectivity index (χ0v) is 16.4. The first-order valence-electron chi connectivity index (χ1n) is 10.2. The summed E-state index contributed by atoms with van der Waals surface area (Å²) in [4.78, 5) is 18.5. The van der Waals surface area contributed by atoms with Gasteiger partial charge in [-0.2, -0.15) is 0 Å². The minimum Gasteiger partial charge on any atom is -0.302 e. The first-order valence-corrected chi connectivity index (χ1v) is 10.2. The molecule has 0 amide bonds. The topological polar surface area (TPSA) is 45.2 Å². The van der Waals surface area contributed by atoms with Crippen LogP contribution in [0.25, 0.3) is 0 Å². The molecule has 3 aromatic rings. The Morgan fingerprint density at radius 3 is 2.39 bits per heavy atom. The van der Waals surface area contributed by atoms with E-state index in [0.717, 1.165) is 43.0 Å². The third-order valence-electron chi connectivity index (χ3n) is 6.61. The van der Waals surface area contributed by atoms with Gasteiger partial charge in [0.05, 0.1) is 11.9 Å². The number of hydrogen-bond acceptors (Lipinski definition) is 5. The molecule has 0 bridgehead atoms. The number of pyridine rings is 1. The molecule has 0 aliphatic carbocycles. The summed E-state index contributed by atoms with van der Waals surface area (Å²) in [6.45, 7) is 4.65. The maximum Gasteiger partial charge on any atom is 0.178 e. The summed E-state index contributed by atoms with van der Waals surface area (Å²) in [5.74, 6) is 1.85. The van der Waals surface area contributed by atoms with E-state index >= 15 is 0 Å². The van der Waals surface area contributed by atoms with Crippen molar-refractivity contribution < 1.29 is 0 Å². The Bertz CT molecular complexity index is 983. The van der Waals surface area contributed by atoms with Gasteiger partial charge in [-0.15, -0.1) is 0 Å². The Balaban J connectivity index is 1.75. The van der Waals surface area contributed by atoms with Gasteiger partial charge in [-0.05, 0) is 54.9 Å². The second-order valence-electron chi connectivity index (χ2n) is 7.68. The normalized spacial score (nSPS) is 19.6. The first kappa shape index (κ1) is 17.2. The summed E-state index contributed by atoms with van der Waals surface area (Å²) in [7, 11) is 0. The average molecular weight is 371 g/mol. The highest BCUT2D eigenvalue weighted by Crippen LogP contribution is 2.53. The Hall–Kier alpha value is -2.95. The average Bonchev–Trinajstić information content (AvgIpc) is 3.02. The van der Waals surface area contributed by atoms with E-state index in [0.29, 0.717) is 0 Å². The van der Waals surface area contributed by atoms with E-state index in [1.807, 2.05) is 18.5 Å². The molecule has 5 nitrogen and oxygen atoms in total. The monoisotopic (exact) mass is 371 g/mol. The molecular formula is C23H25N5. The molecule has 5 rings (SSSR count). The quantitative estimate of drug-likeness (QED) is 0.622. The molecule has 0 spiro atoms. The number of rotatable bonds is 3. The van der Waals surface area contributed by atoms with Gasteiger partial charge in [0, 0.05) is 24.3 Å². The zero-order chi connectivity index (χ0) is 19.1. The number of hydrogen-bond donors (Lipinski definition) is 0.